The molecule has 9 nitrogen and oxygen atoms in total. The summed E-state index contributed by atoms with van der Waals surface area (Å²) in [6, 6.07) is 71.0. The molecule has 0 bridgehead atoms. The molecule has 4 N–H and O–H groups in total. The fraction of sp³-hybridized carbons (Fsp3) is 0.133. The number of nitrogens with one attached hydrogen (secondary N) is 3. The van der Waals surface area contributed by atoms with E-state index in [-0.39, 0.29) is 18.3 Å². The van der Waals surface area contributed by atoms with Gasteiger partial charge < -0.3 is 25.8 Å². The lowest BCUT2D eigenvalue weighted by molar-refractivity contribution is -0.141. The molecule has 8 aromatic rings. The van der Waals surface area contributed by atoms with E-state index in [1.807, 2.05) is 231 Å². The Labute approximate surface area is 412 Å². The molecule has 1 aliphatic carbocycles. The maximum atomic E-state index is 14.9. The number of carbonyl (C=O) groups is 4. The smallest absolute Gasteiger partial charge is 0.407 e. The van der Waals surface area contributed by atoms with Crippen LogP contribution in [0, 0.1) is 0 Å². The highest BCUT2D eigenvalue weighted by atomic mass is 32.2. The molecule has 10 heteroatoms. The van der Waals surface area contributed by atoms with Gasteiger partial charge in [-0.2, -0.15) is 0 Å². The fourth-order valence-corrected chi connectivity index (χ4v) is 11.2. The van der Waals surface area contributed by atoms with Gasteiger partial charge in [0.25, 0.3) is 0 Å². The lowest BCUT2D eigenvalue weighted by Gasteiger charge is -2.37. The number of alkyl carbamates (subject to hydrolysis) is 1. The van der Waals surface area contributed by atoms with Gasteiger partial charge in [-0.25, -0.2) is 9.59 Å². The molecule has 0 fully saturated rings. The Bertz CT molecular complexity index is 2810. The van der Waals surface area contributed by atoms with Crippen molar-refractivity contribution in [2.45, 2.75) is 34.7 Å². The average molecular weight is 942 g/mol. The lowest BCUT2D eigenvalue weighted by Crippen LogP contribution is -2.55. The van der Waals surface area contributed by atoms with Gasteiger partial charge in [0.1, 0.15) is 24.2 Å². The summed E-state index contributed by atoms with van der Waals surface area (Å²) in [6.45, 7) is -0.0472. The highest BCUT2D eigenvalue weighted by molar-refractivity contribution is 8.00. The van der Waals surface area contributed by atoms with Crippen LogP contribution in [0.1, 0.15) is 56.8 Å². The van der Waals surface area contributed by atoms with E-state index in [0.717, 1.165) is 55.6 Å². The van der Waals surface area contributed by atoms with E-state index in [1.54, 1.807) is 0 Å². The zero-order valence-corrected chi connectivity index (χ0v) is 39.0. The van der Waals surface area contributed by atoms with E-state index in [4.69, 9.17) is 4.74 Å². The van der Waals surface area contributed by atoms with Gasteiger partial charge in [0.15, 0.2) is 0 Å². The number of ether oxygens (including phenoxy) is 1. The second-order valence-corrected chi connectivity index (χ2v) is 18.3. The first kappa shape index (κ1) is 46.9. The Morgan fingerprint density at radius 3 is 1.26 bits per heavy atom. The minimum Gasteiger partial charge on any atom is -0.480 e. The van der Waals surface area contributed by atoms with Crippen molar-refractivity contribution >= 4 is 35.6 Å². The number of amides is 3. The van der Waals surface area contributed by atoms with Crippen LogP contribution in [0.2, 0.25) is 0 Å². The lowest BCUT2D eigenvalue weighted by atomic mass is 9.77. The summed E-state index contributed by atoms with van der Waals surface area (Å²) in [7, 11) is 0. The predicted octanol–water partition coefficient (Wildman–Crippen LogP) is 10.7. The second-order valence-electron chi connectivity index (χ2n) is 17.1. The van der Waals surface area contributed by atoms with Crippen molar-refractivity contribution in [1.29, 1.82) is 0 Å². The monoisotopic (exact) mass is 941 g/mol. The first-order chi connectivity index (χ1) is 34.3. The number of fused-ring (bicyclic) bond motifs is 3. The van der Waals surface area contributed by atoms with E-state index in [9.17, 15) is 24.3 Å². The quantitative estimate of drug-likeness (QED) is 0.0630. The van der Waals surface area contributed by atoms with Crippen molar-refractivity contribution < 1.29 is 29.0 Å². The minimum atomic E-state index is -1.57. The van der Waals surface area contributed by atoms with Crippen LogP contribution in [0.5, 0.6) is 0 Å². The molecule has 1 aliphatic rings. The van der Waals surface area contributed by atoms with Crippen LogP contribution >= 0.6 is 11.8 Å². The highest BCUT2D eigenvalue weighted by Crippen LogP contribution is 2.49. The molecule has 2 atom stereocenters. The number of carbonyl (C=O) groups excluding carboxylic acids is 3. The summed E-state index contributed by atoms with van der Waals surface area (Å²) >= 11 is 1.37. The summed E-state index contributed by atoms with van der Waals surface area (Å²) in [5.74, 6) is -3.11. The van der Waals surface area contributed by atoms with Gasteiger partial charge in [0.2, 0.25) is 11.8 Å². The van der Waals surface area contributed by atoms with Crippen molar-refractivity contribution in [3.63, 3.8) is 0 Å². The Morgan fingerprint density at radius 1 is 0.486 bits per heavy atom. The van der Waals surface area contributed by atoms with Gasteiger partial charge >= 0.3 is 12.1 Å². The molecule has 8 aromatic carbocycles. The summed E-state index contributed by atoms with van der Waals surface area (Å²) < 4.78 is 5.03. The van der Waals surface area contributed by atoms with E-state index in [0.29, 0.717) is 0 Å². The average Bonchev–Trinajstić information content (AvgIpc) is 3.74. The standard InChI is InChI=1S/C60H51N3O6S/c64-55(63-59(42-23-7-1-8-24-42,43-25-9-2-10-26-43)44-27-11-3-12-28-44)39-53(62-58(68)69-40-52-50-37-21-19-35-48(50)49-36-20-22-38-51(49)52)56(65)61-54(57(66)67)41-70-60(45-29-13-4-14-30-45,46-31-15-5-16-32-46)47-33-17-6-18-34-47/h1-38,52-54H,39-41H2,(H,61,65)(H,62,68)(H,63,64)(H,66,67)/t53-,54-/m0/s1. The maximum Gasteiger partial charge on any atom is 0.407 e. The van der Waals surface area contributed by atoms with Crippen LogP contribution in [-0.4, -0.2) is 53.4 Å². The zero-order chi connectivity index (χ0) is 48.3. The minimum absolute atomic E-state index is 0.0472. The van der Waals surface area contributed by atoms with Crippen LogP contribution in [-0.2, 0) is 29.4 Å². The molecular formula is C60H51N3O6S. The molecule has 348 valence electrons. The molecule has 0 aliphatic heterocycles. The van der Waals surface area contributed by atoms with Crippen LogP contribution in [0.25, 0.3) is 11.1 Å². The maximum absolute atomic E-state index is 14.9. The molecule has 0 saturated carbocycles. The number of hydrogen-bond acceptors (Lipinski definition) is 6. The topological polar surface area (TPSA) is 134 Å². The van der Waals surface area contributed by atoms with Crippen LogP contribution < -0.4 is 16.0 Å². The Morgan fingerprint density at radius 2 is 0.857 bits per heavy atom. The molecule has 0 radical (unpaired) electrons. The zero-order valence-electron chi connectivity index (χ0n) is 38.2. The summed E-state index contributed by atoms with van der Waals surface area (Å²) in [5, 5.41) is 19.5. The van der Waals surface area contributed by atoms with E-state index < -0.39 is 52.7 Å². The van der Waals surface area contributed by atoms with Gasteiger partial charge in [-0.15, -0.1) is 11.8 Å². The van der Waals surface area contributed by atoms with Crippen molar-refractivity contribution in [3.8, 4) is 11.1 Å². The number of carboxylic acids is 1. The van der Waals surface area contributed by atoms with Crippen LogP contribution in [0.4, 0.5) is 4.79 Å². The van der Waals surface area contributed by atoms with Crippen molar-refractivity contribution in [1.82, 2.24) is 16.0 Å². The molecule has 0 saturated heterocycles. The first-order valence-corrected chi connectivity index (χ1v) is 24.2. The van der Waals surface area contributed by atoms with Gasteiger partial charge in [-0.05, 0) is 55.6 Å². The normalized spacial score (nSPS) is 12.9. The molecule has 0 spiro atoms. The van der Waals surface area contributed by atoms with E-state index in [2.05, 4.69) is 16.0 Å². The Kier molecular flexibility index (Phi) is 14.3. The molecule has 3 amide bonds. The fourth-order valence-electron chi connectivity index (χ4n) is 9.64. The largest absolute Gasteiger partial charge is 0.480 e. The first-order valence-electron chi connectivity index (χ1n) is 23.2. The summed E-state index contributed by atoms with van der Waals surface area (Å²) in [6.07, 6.45) is -1.50. The number of carboxylic acid groups (broad SMARTS) is 1. The number of aliphatic carboxylic acids is 1. The molecule has 9 rings (SSSR count). The van der Waals surface area contributed by atoms with Gasteiger partial charge in [-0.1, -0.05) is 231 Å². The molecule has 0 aromatic heterocycles. The third-order valence-corrected chi connectivity index (χ3v) is 14.6. The predicted molar refractivity (Wildman–Crippen MR) is 275 cm³/mol. The summed E-state index contributed by atoms with van der Waals surface area (Å²) in [4.78, 5) is 57.0. The van der Waals surface area contributed by atoms with Crippen LogP contribution in [0.15, 0.2) is 231 Å². The van der Waals surface area contributed by atoms with E-state index in [1.165, 1.54) is 11.8 Å². The van der Waals surface area contributed by atoms with Crippen molar-refractivity contribution in [2.24, 2.45) is 0 Å². The highest BCUT2D eigenvalue weighted by Gasteiger charge is 2.41. The molecule has 0 unspecified atom stereocenters. The molecule has 0 heterocycles. The third-order valence-electron chi connectivity index (χ3n) is 12.9. The van der Waals surface area contributed by atoms with Gasteiger partial charge in [0.05, 0.1) is 11.2 Å². The third kappa shape index (κ3) is 9.72. The van der Waals surface area contributed by atoms with Crippen molar-refractivity contribution in [3.05, 3.63) is 275 Å². The van der Waals surface area contributed by atoms with Crippen LogP contribution in [0.3, 0.4) is 0 Å². The molecule has 70 heavy (non-hydrogen) atoms. The Balaban J connectivity index is 1.03. The number of hydrogen-bond donors (Lipinski definition) is 4. The second kappa shape index (κ2) is 21.4. The SMILES string of the molecule is O=C(C[C@H](NC(=O)OCC1c2ccccc2-c2ccccc21)C(=O)N[C@@H](CSC(c1ccccc1)(c1ccccc1)c1ccccc1)C(=O)O)NC(c1ccccc1)(c1ccccc1)c1ccccc1. The molecular weight excluding hydrogens is 891 g/mol. The summed E-state index contributed by atoms with van der Waals surface area (Å²) in [5.41, 5.74) is 7.89. The Hall–Kier alpha value is -8.21. The number of thioether (sulfide) groups is 1. The van der Waals surface area contributed by atoms with E-state index >= 15 is 0 Å². The van der Waals surface area contributed by atoms with Crippen molar-refractivity contribution in [2.75, 3.05) is 12.4 Å². The number of rotatable bonds is 18. The van der Waals surface area contributed by atoms with Gasteiger partial charge in [-0.3, -0.25) is 9.59 Å². The van der Waals surface area contributed by atoms with Gasteiger partial charge in [0, 0.05) is 11.7 Å². The number of benzene rings is 8.